The third-order valence-corrected chi connectivity index (χ3v) is 4.51. The Morgan fingerprint density at radius 2 is 1.86 bits per heavy atom. The van der Waals surface area contributed by atoms with Gasteiger partial charge in [0.2, 0.25) is 0 Å². The molecule has 1 heterocycles. The molecule has 0 spiro atoms. The summed E-state index contributed by atoms with van der Waals surface area (Å²) in [7, 11) is 0. The van der Waals surface area contributed by atoms with E-state index in [0.29, 0.717) is 18.1 Å². The van der Waals surface area contributed by atoms with E-state index in [-0.39, 0.29) is 5.76 Å². The molecule has 5 nitrogen and oxygen atoms in total. The second kappa shape index (κ2) is 8.19. The standard InChI is InChI=1S/C24H22N2O3/c1-16(2)15-28-21-10-6-4-8-18(21)14-25-26-24(27)23-13-20-19-9-5-3-7-17(19)11-12-22(20)29-23/h3-14,16H,15H2,1-2H3,(H,26,27)/b25-14-. The van der Waals surface area contributed by atoms with Crippen LogP contribution < -0.4 is 10.2 Å². The van der Waals surface area contributed by atoms with Crippen molar-refractivity contribution < 1.29 is 13.9 Å². The molecule has 4 aromatic rings. The van der Waals surface area contributed by atoms with Gasteiger partial charge in [-0.3, -0.25) is 4.79 Å². The summed E-state index contributed by atoms with van der Waals surface area (Å²) in [6.45, 7) is 4.80. The Morgan fingerprint density at radius 1 is 1.07 bits per heavy atom. The van der Waals surface area contributed by atoms with Crippen molar-refractivity contribution in [3.63, 3.8) is 0 Å². The third-order valence-electron chi connectivity index (χ3n) is 4.51. The summed E-state index contributed by atoms with van der Waals surface area (Å²) in [5.74, 6) is 0.971. The number of hydrazone groups is 1. The first-order valence-corrected chi connectivity index (χ1v) is 9.58. The van der Waals surface area contributed by atoms with E-state index in [4.69, 9.17) is 9.15 Å². The monoisotopic (exact) mass is 386 g/mol. The summed E-state index contributed by atoms with van der Waals surface area (Å²) in [5.41, 5.74) is 4.00. The van der Waals surface area contributed by atoms with Gasteiger partial charge < -0.3 is 9.15 Å². The number of para-hydroxylation sites is 1. The number of nitrogens with one attached hydrogen (secondary N) is 1. The van der Waals surface area contributed by atoms with Crippen LogP contribution in [0.1, 0.15) is 30.0 Å². The third kappa shape index (κ3) is 4.14. The van der Waals surface area contributed by atoms with E-state index < -0.39 is 5.91 Å². The van der Waals surface area contributed by atoms with Crippen molar-refractivity contribution in [1.29, 1.82) is 0 Å². The van der Waals surface area contributed by atoms with Gasteiger partial charge in [0.05, 0.1) is 12.8 Å². The van der Waals surface area contributed by atoms with Crippen LogP contribution in [0.2, 0.25) is 0 Å². The molecule has 0 aliphatic heterocycles. The number of carbonyl (C=O) groups excluding carboxylic acids is 1. The maximum Gasteiger partial charge on any atom is 0.307 e. The molecule has 0 fully saturated rings. The SMILES string of the molecule is CC(C)COc1ccccc1/C=N\NC(=O)c1cc2c(ccc3ccccc32)o1. The molecule has 4 rings (SSSR count). The summed E-state index contributed by atoms with van der Waals surface area (Å²) in [6.07, 6.45) is 1.58. The van der Waals surface area contributed by atoms with E-state index >= 15 is 0 Å². The first-order valence-electron chi connectivity index (χ1n) is 9.58. The largest absolute Gasteiger partial charge is 0.493 e. The quantitative estimate of drug-likeness (QED) is 0.357. The molecule has 5 heteroatoms. The number of fused-ring (bicyclic) bond motifs is 3. The van der Waals surface area contributed by atoms with Crippen molar-refractivity contribution in [2.75, 3.05) is 6.61 Å². The predicted molar refractivity (Wildman–Crippen MR) is 116 cm³/mol. The van der Waals surface area contributed by atoms with Crippen molar-refractivity contribution >= 4 is 33.9 Å². The van der Waals surface area contributed by atoms with Gasteiger partial charge in [-0.1, -0.05) is 56.3 Å². The number of hydrogen-bond acceptors (Lipinski definition) is 4. The molecule has 3 aromatic carbocycles. The Labute approximate surface area is 169 Å². The molecule has 0 saturated heterocycles. The van der Waals surface area contributed by atoms with Gasteiger partial charge in [-0.2, -0.15) is 5.10 Å². The fraction of sp³-hybridized carbons (Fsp3) is 0.167. The Hall–Kier alpha value is -3.60. The molecule has 0 saturated carbocycles. The highest BCUT2D eigenvalue weighted by molar-refractivity contribution is 6.08. The molecule has 29 heavy (non-hydrogen) atoms. The topological polar surface area (TPSA) is 63.8 Å². The maximum atomic E-state index is 12.5. The van der Waals surface area contributed by atoms with Crippen molar-refractivity contribution in [2.24, 2.45) is 11.0 Å². The molecule has 146 valence electrons. The fourth-order valence-electron chi connectivity index (χ4n) is 3.10. The Morgan fingerprint density at radius 3 is 2.72 bits per heavy atom. The van der Waals surface area contributed by atoms with E-state index in [1.54, 1.807) is 12.3 Å². The number of furan rings is 1. The van der Waals surface area contributed by atoms with Crippen LogP contribution in [0, 0.1) is 5.92 Å². The lowest BCUT2D eigenvalue weighted by molar-refractivity contribution is 0.0929. The van der Waals surface area contributed by atoms with Crippen molar-refractivity contribution in [3.05, 3.63) is 78.1 Å². The average Bonchev–Trinajstić information content (AvgIpc) is 3.18. The van der Waals surface area contributed by atoms with Crippen molar-refractivity contribution in [2.45, 2.75) is 13.8 Å². The molecular weight excluding hydrogens is 364 g/mol. The zero-order valence-electron chi connectivity index (χ0n) is 16.4. The van der Waals surface area contributed by atoms with E-state index in [2.05, 4.69) is 24.4 Å². The van der Waals surface area contributed by atoms with Gasteiger partial charge >= 0.3 is 5.91 Å². The highest BCUT2D eigenvalue weighted by Gasteiger charge is 2.13. The highest BCUT2D eigenvalue weighted by Crippen LogP contribution is 2.28. The molecule has 1 aromatic heterocycles. The number of amides is 1. The zero-order valence-corrected chi connectivity index (χ0v) is 16.4. The molecule has 1 N–H and O–H groups in total. The second-order valence-electron chi connectivity index (χ2n) is 7.25. The molecule has 0 atom stereocenters. The fourth-order valence-corrected chi connectivity index (χ4v) is 3.10. The van der Waals surface area contributed by atoms with Crippen LogP contribution in [0.25, 0.3) is 21.7 Å². The average molecular weight is 386 g/mol. The van der Waals surface area contributed by atoms with Crippen LogP contribution in [-0.2, 0) is 0 Å². The van der Waals surface area contributed by atoms with Crippen LogP contribution in [0.15, 0.2) is 76.2 Å². The van der Waals surface area contributed by atoms with E-state index in [0.717, 1.165) is 27.5 Å². The van der Waals surface area contributed by atoms with E-state index in [9.17, 15) is 4.79 Å². The molecule has 0 bridgehead atoms. The molecule has 0 aliphatic rings. The van der Waals surface area contributed by atoms with Gasteiger partial charge in [0.25, 0.3) is 0 Å². The summed E-state index contributed by atoms with van der Waals surface area (Å²) in [6, 6.07) is 21.2. The second-order valence-corrected chi connectivity index (χ2v) is 7.25. The van der Waals surface area contributed by atoms with E-state index in [1.807, 2.05) is 60.7 Å². The Kier molecular flexibility index (Phi) is 5.29. The lowest BCUT2D eigenvalue weighted by Gasteiger charge is -2.10. The maximum absolute atomic E-state index is 12.5. The van der Waals surface area contributed by atoms with Crippen LogP contribution in [0.5, 0.6) is 5.75 Å². The predicted octanol–water partition coefficient (Wildman–Crippen LogP) is 5.38. The molecule has 0 aliphatic carbocycles. The lowest BCUT2D eigenvalue weighted by Crippen LogP contribution is -2.16. The Bertz CT molecular complexity index is 1190. The Balaban J connectivity index is 1.51. The number of carbonyl (C=O) groups is 1. The van der Waals surface area contributed by atoms with Gasteiger partial charge in [0.1, 0.15) is 11.3 Å². The van der Waals surface area contributed by atoms with Crippen molar-refractivity contribution in [1.82, 2.24) is 5.43 Å². The minimum atomic E-state index is -0.401. The van der Waals surface area contributed by atoms with Gasteiger partial charge in [-0.25, -0.2) is 5.43 Å². The number of hydrogen-bond donors (Lipinski definition) is 1. The summed E-state index contributed by atoms with van der Waals surface area (Å²) in [4.78, 5) is 12.5. The van der Waals surface area contributed by atoms with Crippen LogP contribution in [-0.4, -0.2) is 18.7 Å². The van der Waals surface area contributed by atoms with Crippen LogP contribution >= 0.6 is 0 Å². The van der Waals surface area contributed by atoms with Gasteiger partial charge in [0, 0.05) is 10.9 Å². The highest BCUT2D eigenvalue weighted by atomic mass is 16.5. The minimum Gasteiger partial charge on any atom is -0.493 e. The van der Waals surface area contributed by atoms with Gasteiger partial charge in [-0.15, -0.1) is 0 Å². The number of benzene rings is 3. The first kappa shape index (κ1) is 18.7. The smallest absolute Gasteiger partial charge is 0.307 e. The van der Waals surface area contributed by atoms with E-state index in [1.165, 1.54) is 0 Å². The summed E-state index contributed by atoms with van der Waals surface area (Å²) >= 11 is 0. The van der Waals surface area contributed by atoms with Crippen LogP contribution in [0.3, 0.4) is 0 Å². The molecule has 1 amide bonds. The summed E-state index contributed by atoms with van der Waals surface area (Å²) in [5, 5.41) is 7.13. The number of rotatable bonds is 6. The number of nitrogens with zero attached hydrogens (tertiary/aromatic N) is 1. The zero-order chi connectivity index (χ0) is 20.2. The van der Waals surface area contributed by atoms with Crippen molar-refractivity contribution in [3.8, 4) is 5.75 Å². The summed E-state index contributed by atoms with van der Waals surface area (Å²) < 4.78 is 11.5. The molecular formula is C24H22N2O3. The van der Waals surface area contributed by atoms with Gasteiger partial charge in [-0.05, 0) is 41.0 Å². The minimum absolute atomic E-state index is 0.220. The normalized spacial score (nSPS) is 11.6. The lowest BCUT2D eigenvalue weighted by atomic mass is 10.1. The van der Waals surface area contributed by atoms with Crippen LogP contribution in [0.4, 0.5) is 0 Å². The number of ether oxygens (including phenoxy) is 1. The molecule has 0 unspecified atom stereocenters. The molecule has 0 radical (unpaired) electrons. The first-order chi connectivity index (χ1) is 14.1. The van der Waals surface area contributed by atoms with Gasteiger partial charge in [0.15, 0.2) is 5.76 Å².